The molecule has 3 heterocycles. The third kappa shape index (κ3) is 4.58. The van der Waals surface area contributed by atoms with Gasteiger partial charge in [0, 0.05) is 38.1 Å². The predicted molar refractivity (Wildman–Crippen MR) is 107 cm³/mol. The summed E-state index contributed by atoms with van der Waals surface area (Å²) in [6.07, 6.45) is 5.43. The van der Waals surface area contributed by atoms with Crippen LogP contribution in [0.3, 0.4) is 0 Å². The Morgan fingerprint density at radius 1 is 1.19 bits per heavy atom. The first kappa shape index (κ1) is 19.6. The number of sulfonamides is 1. The van der Waals surface area contributed by atoms with Crippen LogP contribution >= 0.6 is 11.3 Å². The maximum absolute atomic E-state index is 12.8. The molecule has 0 aromatic carbocycles. The van der Waals surface area contributed by atoms with Crippen LogP contribution in [0.2, 0.25) is 0 Å². The normalized spacial score (nSPS) is 21.2. The maximum atomic E-state index is 12.8. The molecule has 0 unspecified atom stereocenters. The van der Waals surface area contributed by atoms with Gasteiger partial charge in [0.15, 0.2) is 5.96 Å². The van der Waals surface area contributed by atoms with E-state index in [-0.39, 0.29) is 0 Å². The molecule has 0 atom stereocenters. The van der Waals surface area contributed by atoms with Crippen LogP contribution in [0.25, 0.3) is 0 Å². The lowest BCUT2D eigenvalue weighted by atomic mass is 10.00. The molecule has 1 aromatic rings. The summed E-state index contributed by atoms with van der Waals surface area (Å²) in [7, 11) is -1.52. The molecule has 146 valence electrons. The van der Waals surface area contributed by atoms with Gasteiger partial charge in [-0.1, -0.05) is 13.3 Å². The summed E-state index contributed by atoms with van der Waals surface area (Å²) in [4.78, 5) is 7.70. The highest BCUT2D eigenvalue weighted by Gasteiger charge is 2.27. The van der Waals surface area contributed by atoms with E-state index in [0.717, 1.165) is 49.1 Å². The average molecular weight is 399 g/mol. The molecule has 0 aliphatic carbocycles. The Morgan fingerprint density at radius 2 is 1.88 bits per heavy atom. The molecule has 26 heavy (non-hydrogen) atoms. The molecular weight excluding hydrogens is 368 g/mol. The average Bonchev–Trinajstić information content (AvgIpc) is 3.14. The predicted octanol–water partition coefficient (Wildman–Crippen LogP) is 2.73. The number of hydrogen-bond donors (Lipinski definition) is 1. The standard InChI is InChI=1S/C18H30N4O2S2/c1-15-8-12-21(13-9-15)18(19-2)20-14-16-6-7-17(25-16)26(23,24)22-10-4-3-5-11-22/h6-7,15H,3-5,8-14H2,1-2H3,(H,19,20). The van der Waals surface area contributed by atoms with Crippen molar-refractivity contribution in [2.24, 2.45) is 10.9 Å². The fraction of sp³-hybridized carbons (Fsp3) is 0.722. The van der Waals surface area contributed by atoms with Crippen LogP contribution in [0.1, 0.15) is 43.9 Å². The Morgan fingerprint density at radius 3 is 2.54 bits per heavy atom. The van der Waals surface area contributed by atoms with Crippen molar-refractivity contribution in [3.8, 4) is 0 Å². The first-order valence-corrected chi connectivity index (χ1v) is 11.8. The molecule has 2 saturated heterocycles. The SMILES string of the molecule is CN=C(NCc1ccc(S(=O)(=O)N2CCCCC2)s1)N1CCC(C)CC1. The number of hydrogen-bond acceptors (Lipinski definition) is 4. The van der Waals surface area contributed by atoms with Crippen molar-refractivity contribution in [2.45, 2.75) is 49.8 Å². The highest BCUT2D eigenvalue weighted by Crippen LogP contribution is 2.27. The first-order valence-electron chi connectivity index (χ1n) is 9.55. The minimum absolute atomic E-state index is 0.456. The number of nitrogens with zero attached hydrogens (tertiary/aromatic N) is 3. The Labute approximate surface area is 161 Å². The smallest absolute Gasteiger partial charge is 0.252 e. The van der Waals surface area contributed by atoms with Crippen molar-refractivity contribution in [2.75, 3.05) is 33.2 Å². The molecule has 6 nitrogen and oxygen atoms in total. The van der Waals surface area contributed by atoms with Gasteiger partial charge in [0.2, 0.25) is 0 Å². The van der Waals surface area contributed by atoms with Crippen molar-refractivity contribution in [1.29, 1.82) is 0 Å². The molecule has 0 radical (unpaired) electrons. The summed E-state index contributed by atoms with van der Waals surface area (Å²) in [5.41, 5.74) is 0. The van der Waals surface area contributed by atoms with Crippen molar-refractivity contribution in [3.05, 3.63) is 17.0 Å². The van der Waals surface area contributed by atoms with Gasteiger partial charge in [0.05, 0.1) is 6.54 Å². The van der Waals surface area contributed by atoms with Gasteiger partial charge >= 0.3 is 0 Å². The van der Waals surface area contributed by atoms with E-state index in [4.69, 9.17) is 0 Å². The summed E-state index contributed by atoms with van der Waals surface area (Å²) >= 11 is 1.37. The van der Waals surface area contributed by atoms with Crippen LogP contribution in [0.15, 0.2) is 21.3 Å². The maximum Gasteiger partial charge on any atom is 0.252 e. The molecule has 2 aliphatic heterocycles. The lowest BCUT2D eigenvalue weighted by Gasteiger charge is -2.32. The van der Waals surface area contributed by atoms with E-state index < -0.39 is 10.0 Å². The van der Waals surface area contributed by atoms with Gasteiger partial charge in [0.1, 0.15) is 4.21 Å². The molecule has 1 aromatic heterocycles. The number of likely N-dealkylation sites (tertiary alicyclic amines) is 1. The van der Waals surface area contributed by atoms with Crippen molar-refractivity contribution < 1.29 is 8.42 Å². The molecule has 0 spiro atoms. The molecule has 3 rings (SSSR count). The van der Waals surface area contributed by atoms with Gasteiger partial charge in [-0.3, -0.25) is 4.99 Å². The Hall–Kier alpha value is -1.12. The van der Waals surface area contributed by atoms with Gasteiger partial charge in [-0.15, -0.1) is 11.3 Å². The molecular formula is C18H30N4O2S2. The van der Waals surface area contributed by atoms with E-state index in [9.17, 15) is 8.42 Å². The van der Waals surface area contributed by atoms with Gasteiger partial charge in [0.25, 0.3) is 10.0 Å². The zero-order valence-electron chi connectivity index (χ0n) is 15.8. The Balaban J connectivity index is 1.59. The highest BCUT2D eigenvalue weighted by molar-refractivity contribution is 7.91. The number of aliphatic imine (C=N–C) groups is 1. The zero-order valence-corrected chi connectivity index (χ0v) is 17.4. The number of piperidine rings is 2. The second-order valence-electron chi connectivity index (χ2n) is 7.26. The monoisotopic (exact) mass is 398 g/mol. The summed E-state index contributed by atoms with van der Waals surface area (Å²) in [6, 6.07) is 3.66. The van der Waals surface area contributed by atoms with Crippen LogP contribution in [0, 0.1) is 5.92 Å². The van der Waals surface area contributed by atoms with Gasteiger partial charge < -0.3 is 10.2 Å². The third-order valence-electron chi connectivity index (χ3n) is 5.26. The van der Waals surface area contributed by atoms with Crippen LogP contribution in [0.4, 0.5) is 0 Å². The van der Waals surface area contributed by atoms with E-state index in [1.165, 1.54) is 24.2 Å². The number of guanidine groups is 1. The molecule has 8 heteroatoms. The van der Waals surface area contributed by atoms with Crippen molar-refractivity contribution in [3.63, 3.8) is 0 Å². The van der Waals surface area contributed by atoms with Crippen LogP contribution in [0.5, 0.6) is 0 Å². The third-order valence-corrected chi connectivity index (χ3v) is 8.71. The topological polar surface area (TPSA) is 65.0 Å². The molecule has 0 saturated carbocycles. The van der Waals surface area contributed by atoms with Crippen molar-refractivity contribution >= 4 is 27.3 Å². The largest absolute Gasteiger partial charge is 0.351 e. The first-order chi connectivity index (χ1) is 12.5. The lowest BCUT2D eigenvalue weighted by molar-refractivity contribution is 0.273. The van der Waals surface area contributed by atoms with Gasteiger partial charge in [-0.2, -0.15) is 4.31 Å². The quantitative estimate of drug-likeness (QED) is 0.626. The van der Waals surface area contributed by atoms with Crippen LogP contribution in [-0.2, 0) is 16.6 Å². The zero-order chi connectivity index (χ0) is 18.6. The van der Waals surface area contributed by atoms with Crippen molar-refractivity contribution in [1.82, 2.24) is 14.5 Å². The summed E-state index contributed by atoms with van der Waals surface area (Å²) < 4.78 is 27.6. The second-order valence-corrected chi connectivity index (χ2v) is 10.6. The van der Waals surface area contributed by atoms with E-state index >= 15 is 0 Å². The molecule has 0 amide bonds. The van der Waals surface area contributed by atoms with Gasteiger partial charge in [-0.25, -0.2) is 8.42 Å². The molecule has 2 fully saturated rings. The molecule has 0 bridgehead atoms. The number of thiophene rings is 1. The molecule has 1 N–H and O–H groups in total. The summed E-state index contributed by atoms with van der Waals surface area (Å²) in [5, 5.41) is 3.39. The minimum Gasteiger partial charge on any atom is -0.351 e. The minimum atomic E-state index is -3.33. The van der Waals surface area contributed by atoms with Gasteiger partial charge in [-0.05, 0) is 43.7 Å². The second kappa shape index (κ2) is 8.71. The van der Waals surface area contributed by atoms with E-state index in [1.807, 2.05) is 6.07 Å². The Kier molecular flexibility index (Phi) is 6.58. The van der Waals surface area contributed by atoms with Crippen LogP contribution < -0.4 is 5.32 Å². The summed E-state index contributed by atoms with van der Waals surface area (Å²) in [5.74, 6) is 1.69. The van der Waals surface area contributed by atoms with E-state index in [1.54, 1.807) is 17.4 Å². The fourth-order valence-corrected chi connectivity index (χ4v) is 6.51. The number of rotatable bonds is 4. The highest BCUT2D eigenvalue weighted by atomic mass is 32.2. The molecule has 2 aliphatic rings. The fourth-order valence-electron chi connectivity index (χ4n) is 3.54. The lowest BCUT2D eigenvalue weighted by Crippen LogP contribution is -2.45. The Bertz CT molecular complexity index is 715. The number of nitrogens with one attached hydrogen (secondary N) is 1. The van der Waals surface area contributed by atoms with E-state index in [0.29, 0.717) is 23.8 Å². The van der Waals surface area contributed by atoms with E-state index in [2.05, 4.69) is 22.1 Å². The summed E-state index contributed by atoms with van der Waals surface area (Å²) in [6.45, 7) is 6.25. The van der Waals surface area contributed by atoms with Crippen LogP contribution in [-0.4, -0.2) is 56.8 Å².